The number of carbonyl (C=O) groups excluding carboxylic acids is 2. The van der Waals surface area contributed by atoms with Gasteiger partial charge in [-0.2, -0.15) is 5.26 Å². The van der Waals surface area contributed by atoms with Crippen LogP contribution < -0.4 is 9.47 Å². The van der Waals surface area contributed by atoms with Crippen LogP contribution in [0.2, 0.25) is 0 Å². The minimum absolute atomic E-state index is 0.00673. The van der Waals surface area contributed by atoms with Crippen molar-refractivity contribution in [2.75, 3.05) is 0 Å². The van der Waals surface area contributed by atoms with Gasteiger partial charge in [0.05, 0.1) is 18.2 Å². The van der Waals surface area contributed by atoms with E-state index < -0.39 is 29.9 Å². The third-order valence-electron chi connectivity index (χ3n) is 8.48. The van der Waals surface area contributed by atoms with Crippen LogP contribution in [0.3, 0.4) is 0 Å². The molecule has 1 heterocycles. The van der Waals surface area contributed by atoms with Crippen molar-refractivity contribution in [2.45, 2.75) is 44.7 Å². The Morgan fingerprint density at radius 1 is 0.778 bits per heavy atom. The molecule has 45 heavy (non-hydrogen) atoms. The molecule has 8 heteroatoms. The number of benzene rings is 4. The molecule has 2 fully saturated rings. The smallest absolute Gasteiger partial charge is 0.452 e. The molecule has 6 rings (SSSR count). The number of nitriles is 1. The van der Waals surface area contributed by atoms with Crippen LogP contribution in [-0.4, -0.2) is 29.9 Å². The Morgan fingerprint density at radius 3 is 1.67 bits per heavy atom. The Bertz CT molecular complexity index is 1680. The lowest BCUT2D eigenvalue weighted by Gasteiger charge is -2.29. The second kappa shape index (κ2) is 12.2. The van der Waals surface area contributed by atoms with E-state index in [-0.39, 0.29) is 23.3 Å². The molecule has 4 aromatic rings. The number of ether oxygens (including phenoxy) is 4. The van der Waals surface area contributed by atoms with Gasteiger partial charge in [-0.05, 0) is 83.3 Å². The third-order valence-corrected chi connectivity index (χ3v) is 8.48. The number of carbonyl (C=O) groups is 2. The van der Waals surface area contributed by atoms with Crippen molar-refractivity contribution in [1.29, 1.82) is 5.26 Å². The molecular formula is C37H30N2O6. The lowest BCUT2D eigenvalue weighted by Crippen LogP contribution is -2.57. The van der Waals surface area contributed by atoms with E-state index in [4.69, 9.17) is 30.8 Å². The Kier molecular flexibility index (Phi) is 7.98. The fraction of sp³-hybridized carbons (Fsp3) is 0.243. The topological polar surface area (TPSA) is 99.2 Å². The van der Waals surface area contributed by atoms with E-state index in [1.54, 1.807) is 72.8 Å². The van der Waals surface area contributed by atoms with E-state index in [9.17, 15) is 9.59 Å². The van der Waals surface area contributed by atoms with Crippen LogP contribution in [0.1, 0.15) is 32.3 Å². The van der Waals surface area contributed by atoms with Crippen molar-refractivity contribution in [3.8, 4) is 39.8 Å². The lowest BCUT2D eigenvalue weighted by atomic mass is 10.0. The fourth-order valence-electron chi connectivity index (χ4n) is 5.98. The van der Waals surface area contributed by atoms with Crippen LogP contribution in [0.5, 0.6) is 11.5 Å². The van der Waals surface area contributed by atoms with Gasteiger partial charge in [0.25, 0.3) is 0 Å². The number of esters is 2. The molecule has 224 valence electrons. The summed E-state index contributed by atoms with van der Waals surface area (Å²) in [6.07, 6.45) is 0.325. The first-order chi connectivity index (χ1) is 21.8. The zero-order valence-corrected chi connectivity index (χ0v) is 24.8. The number of nitrogens with zero attached hydrogens (tertiary/aromatic N) is 2. The number of hydrogen-bond donors (Lipinski definition) is 0. The van der Waals surface area contributed by atoms with E-state index in [2.05, 4.69) is 10.9 Å². The van der Waals surface area contributed by atoms with Gasteiger partial charge in [0.1, 0.15) is 23.7 Å². The zero-order valence-electron chi connectivity index (χ0n) is 24.8. The Hall–Kier alpha value is -5.60. The van der Waals surface area contributed by atoms with Gasteiger partial charge >= 0.3 is 17.7 Å². The first kappa shape index (κ1) is 29.5. The quantitative estimate of drug-likeness (QED) is 0.0940. The van der Waals surface area contributed by atoms with E-state index in [0.717, 1.165) is 35.1 Å². The highest BCUT2D eigenvalue weighted by atomic mass is 16.8. The van der Waals surface area contributed by atoms with Crippen LogP contribution in [0.25, 0.3) is 27.1 Å². The van der Waals surface area contributed by atoms with Crippen LogP contribution in [0.15, 0.2) is 97.1 Å². The lowest BCUT2D eigenvalue weighted by molar-refractivity contribution is -0.204. The van der Waals surface area contributed by atoms with Crippen molar-refractivity contribution in [3.63, 3.8) is 0 Å². The molecule has 1 saturated carbocycles. The molecule has 5 unspecified atom stereocenters. The van der Waals surface area contributed by atoms with Crippen LogP contribution in [-0.2, 0) is 19.1 Å². The molecule has 1 aliphatic heterocycles. The SMILES string of the molecule is [C-]#[N+]c1ccc(-c2ccc(OC3(Oc4ccc(-c5ccc(C#N)cc5)cc4)C(=O)OC4C(C)CC(CC)C4OC3=O)cc2)cc1. The summed E-state index contributed by atoms with van der Waals surface area (Å²) in [5.41, 5.74) is 4.57. The average Bonchev–Trinajstić information content (AvgIpc) is 3.32. The summed E-state index contributed by atoms with van der Waals surface area (Å²) in [5.74, 6) is -4.06. The largest absolute Gasteiger partial charge is 0.453 e. The highest BCUT2D eigenvalue weighted by Crippen LogP contribution is 2.42. The normalized spacial score (nSPS) is 23.8. The maximum Gasteiger partial charge on any atom is 0.453 e. The van der Waals surface area contributed by atoms with Gasteiger partial charge < -0.3 is 18.9 Å². The van der Waals surface area contributed by atoms with E-state index in [1.807, 2.05) is 38.1 Å². The summed E-state index contributed by atoms with van der Waals surface area (Å²) in [7, 11) is 0. The predicted molar refractivity (Wildman–Crippen MR) is 166 cm³/mol. The molecule has 2 aliphatic rings. The number of rotatable bonds is 7. The van der Waals surface area contributed by atoms with Gasteiger partial charge in [-0.25, -0.2) is 14.4 Å². The maximum atomic E-state index is 13.9. The third kappa shape index (κ3) is 5.71. The molecule has 0 spiro atoms. The molecule has 0 N–H and O–H groups in total. The van der Waals surface area contributed by atoms with Gasteiger partial charge in [0, 0.05) is 0 Å². The van der Waals surface area contributed by atoms with Crippen molar-refractivity contribution in [1.82, 2.24) is 0 Å². The maximum absolute atomic E-state index is 13.9. The minimum Gasteiger partial charge on any atom is -0.452 e. The zero-order chi connectivity index (χ0) is 31.6. The second-order valence-corrected chi connectivity index (χ2v) is 11.3. The molecule has 4 aromatic carbocycles. The van der Waals surface area contributed by atoms with Gasteiger partial charge in [-0.3, -0.25) is 0 Å². The molecule has 8 nitrogen and oxygen atoms in total. The molecular weight excluding hydrogens is 568 g/mol. The van der Waals surface area contributed by atoms with Gasteiger partial charge in [-0.15, -0.1) is 0 Å². The second-order valence-electron chi connectivity index (χ2n) is 11.3. The molecule has 0 bridgehead atoms. The van der Waals surface area contributed by atoms with Crippen LogP contribution >= 0.6 is 0 Å². The first-order valence-corrected chi connectivity index (χ1v) is 14.8. The highest BCUT2D eigenvalue weighted by Gasteiger charge is 2.62. The standard InChI is InChI=1S/C37H30N2O6/c1-4-25-21-23(2)33-34(25)43-36(41)37(35(40)42-33,44-31-17-11-28(12-18-31)26-7-5-24(22-38)6-8-26)45-32-19-13-29(14-20-32)27-9-15-30(39-3)16-10-27/h5-20,23,25,33-34H,4,21H2,1-2H3. The highest BCUT2D eigenvalue weighted by molar-refractivity contribution is 6.03. The molecule has 0 amide bonds. The van der Waals surface area contributed by atoms with E-state index >= 15 is 0 Å². The Morgan fingerprint density at radius 2 is 1.22 bits per heavy atom. The Labute approximate surface area is 261 Å². The molecule has 0 aromatic heterocycles. The summed E-state index contributed by atoms with van der Waals surface area (Å²) in [5, 5.41) is 9.10. The molecule has 5 atom stereocenters. The summed E-state index contributed by atoms with van der Waals surface area (Å²) in [4.78, 5) is 31.3. The predicted octanol–water partition coefficient (Wildman–Crippen LogP) is 7.50. The number of fused-ring (bicyclic) bond motifs is 1. The average molecular weight is 599 g/mol. The van der Waals surface area contributed by atoms with Gasteiger partial charge in [0.15, 0.2) is 5.69 Å². The Balaban J connectivity index is 1.33. The van der Waals surface area contributed by atoms with Gasteiger partial charge in [-0.1, -0.05) is 74.5 Å². The summed E-state index contributed by atoms with van der Waals surface area (Å²) < 4.78 is 24.2. The van der Waals surface area contributed by atoms with Gasteiger partial charge in [0.2, 0.25) is 0 Å². The van der Waals surface area contributed by atoms with Crippen molar-refractivity contribution >= 4 is 17.6 Å². The molecule has 1 aliphatic carbocycles. The summed E-state index contributed by atoms with van der Waals surface area (Å²) in [6.45, 7) is 11.2. The minimum atomic E-state index is -2.54. The summed E-state index contributed by atoms with van der Waals surface area (Å²) >= 11 is 0. The number of hydrogen-bond acceptors (Lipinski definition) is 7. The molecule has 1 saturated heterocycles. The van der Waals surface area contributed by atoms with Crippen LogP contribution in [0.4, 0.5) is 5.69 Å². The monoisotopic (exact) mass is 598 g/mol. The van der Waals surface area contributed by atoms with Crippen LogP contribution in [0, 0.1) is 29.7 Å². The molecule has 0 radical (unpaired) electrons. The van der Waals surface area contributed by atoms with Crippen molar-refractivity contribution < 1.29 is 28.5 Å². The van der Waals surface area contributed by atoms with Crippen molar-refractivity contribution in [3.05, 3.63) is 114 Å². The van der Waals surface area contributed by atoms with Crippen molar-refractivity contribution in [2.24, 2.45) is 11.8 Å². The summed E-state index contributed by atoms with van der Waals surface area (Å²) in [6, 6.07) is 30.1. The van der Waals surface area contributed by atoms with E-state index in [1.165, 1.54) is 0 Å². The van der Waals surface area contributed by atoms with E-state index in [0.29, 0.717) is 11.3 Å². The fourth-order valence-corrected chi connectivity index (χ4v) is 5.98. The first-order valence-electron chi connectivity index (χ1n) is 14.8.